The molecule has 1 heterocycles. The van der Waals surface area contributed by atoms with Crippen molar-refractivity contribution in [2.45, 2.75) is 38.5 Å². The van der Waals surface area contributed by atoms with E-state index in [-0.39, 0.29) is 0 Å². The first kappa shape index (κ1) is 12.8. The summed E-state index contributed by atoms with van der Waals surface area (Å²) in [5.41, 5.74) is 3.41. The summed E-state index contributed by atoms with van der Waals surface area (Å²) in [5, 5.41) is 2.36. The van der Waals surface area contributed by atoms with Gasteiger partial charge in [0.25, 0.3) is 0 Å². The topological polar surface area (TPSA) is 9.23 Å². The summed E-state index contributed by atoms with van der Waals surface area (Å²) < 4.78 is 5.81. The third kappa shape index (κ3) is 3.43. The van der Waals surface area contributed by atoms with Gasteiger partial charge in [-0.3, -0.25) is 0 Å². The van der Waals surface area contributed by atoms with Gasteiger partial charge in [-0.1, -0.05) is 29.6 Å². The minimum Gasteiger partial charge on any atom is -0.368 e. The standard InChI is InChI=1S/C15H22OS/c1-3-17(15-9-6-11-16-15)12-10-14-8-5-4-7-13(14)2/h3-5,7-8,15H,6,9-12H2,1-2H3. The van der Waals surface area contributed by atoms with Crippen LogP contribution in [0.25, 0.3) is 0 Å². The van der Waals surface area contributed by atoms with E-state index in [0.29, 0.717) is 15.9 Å². The Morgan fingerprint density at radius 2 is 2.24 bits per heavy atom. The van der Waals surface area contributed by atoms with Crippen molar-refractivity contribution >= 4 is 15.9 Å². The van der Waals surface area contributed by atoms with Crippen LogP contribution in [0.2, 0.25) is 0 Å². The van der Waals surface area contributed by atoms with Crippen LogP contribution in [-0.4, -0.2) is 23.2 Å². The highest BCUT2D eigenvalue weighted by Crippen LogP contribution is 2.30. The van der Waals surface area contributed by atoms with Crippen molar-refractivity contribution in [1.29, 1.82) is 0 Å². The lowest BCUT2D eigenvalue weighted by Crippen LogP contribution is -2.06. The monoisotopic (exact) mass is 250 g/mol. The molecule has 17 heavy (non-hydrogen) atoms. The molecule has 1 aliphatic heterocycles. The van der Waals surface area contributed by atoms with E-state index in [4.69, 9.17) is 4.74 Å². The lowest BCUT2D eigenvalue weighted by atomic mass is 10.1. The molecular formula is C15H22OS. The highest BCUT2D eigenvalue weighted by Gasteiger charge is 2.18. The zero-order chi connectivity index (χ0) is 12.1. The molecule has 1 aromatic carbocycles. The van der Waals surface area contributed by atoms with Gasteiger partial charge in [-0.15, -0.1) is 0 Å². The summed E-state index contributed by atoms with van der Waals surface area (Å²) >= 11 is 0. The van der Waals surface area contributed by atoms with Crippen LogP contribution in [0.1, 0.15) is 30.9 Å². The summed E-state index contributed by atoms with van der Waals surface area (Å²) in [4.78, 5) is 0. The van der Waals surface area contributed by atoms with Crippen LogP contribution >= 0.6 is 10.5 Å². The smallest absolute Gasteiger partial charge is 0.0979 e. The normalized spacial score (nSPS) is 21.9. The molecule has 0 saturated carbocycles. The maximum atomic E-state index is 5.81. The molecule has 1 nitrogen and oxygen atoms in total. The SMILES string of the molecule is CC=S(CCc1ccccc1C)C1CCCO1. The first-order valence-electron chi connectivity index (χ1n) is 6.45. The number of hydrogen-bond donors (Lipinski definition) is 0. The summed E-state index contributed by atoms with van der Waals surface area (Å²) in [5.74, 6) is 1.24. The Kier molecular flexibility index (Phi) is 4.81. The first-order chi connectivity index (χ1) is 8.31. The largest absolute Gasteiger partial charge is 0.368 e. The van der Waals surface area contributed by atoms with E-state index >= 15 is 0 Å². The highest BCUT2D eigenvalue weighted by atomic mass is 32.2. The summed E-state index contributed by atoms with van der Waals surface area (Å²) in [7, 11) is 0.337. The molecule has 0 amide bonds. The third-order valence-corrected chi connectivity index (χ3v) is 5.72. The molecule has 94 valence electrons. The zero-order valence-electron chi connectivity index (χ0n) is 10.8. The van der Waals surface area contributed by atoms with Gasteiger partial charge in [0.2, 0.25) is 0 Å². The van der Waals surface area contributed by atoms with Crippen LogP contribution in [0.5, 0.6) is 0 Å². The van der Waals surface area contributed by atoms with Crippen LogP contribution in [0.15, 0.2) is 24.3 Å². The molecule has 2 rings (SSSR count). The molecule has 0 N–H and O–H groups in total. The molecule has 0 spiro atoms. The maximum Gasteiger partial charge on any atom is 0.0979 e. The number of aryl methyl sites for hydroxylation is 2. The Labute approximate surface area is 107 Å². The third-order valence-electron chi connectivity index (χ3n) is 3.40. The molecule has 0 bridgehead atoms. The Bertz CT molecular complexity index is 392. The molecule has 2 heteroatoms. The van der Waals surface area contributed by atoms with Crippen LogP contribution in [0.3, 0.4) is 0 Å². The Morgan fingerprint density at radius 1 is 1.41 bits per heavy atom. The fourth-order valence-corrected chi connectivity index (χ4v) is 4.30. The molecule has 2 atom stereocenters. The second-order valence-corrected chi connectivity index (χ2v) is 6.87. The van der Waals surface area contributed by atoms with E-state index in [1.54, 1.807) is 0 Å². The fraction of sp³-hybridized carbons (Fsp3) is 0.533. The van der Waals surface area contributed by atoms with Crippen LogP contribution in [0.4, 0.5) is 0 Å². The molecule has 1 saturated heterocycles. The van der Waals surface area contributed by atoms with E-state index in [1.165, 1.54) is 36.1 Å². The van der Waals surface area contributed by atoms with Gasteiger partial charge in [0.05, 0.1) is 5.44 Å². The van der Waals surface area contributed by atoms with E-state index < -0.39 is 0 Å². The summed E-state index contributed by atoms with van der Waals surface area (Å²) in [6.07, 6.45) is 3.67. The van der Waals surface area contributed by atoms with E-state index in [1.807, 2.05) is 0 Å². The molecule has 1 aromatic rings. The van der Waals surface area contributed by atoms with Crippen LogP contribution in [-0.2, 0) is 11.2 Å². The average molecular weight is 250 g/mol. The molecule has 0 radical (unpaired) electrons. The summed E-state index contributed by atoms with van der Waals surface area (Å²) in [6, 6.07) is 8.71. The Hall–Kier alpha value is -0.600. The van der Waals surface area contributed by atoms with Gasteiger partial charge >= 0.3 is 0 Å². The van der Waals surface area contributed by atoms with Crippen molar-refractivity contribution in [3.63, 3.8) is 0 Å². The van der Waals surface area contributed by atoms with Gasteiger partial charge in [-0.2, -0.15) is 10.5 Å². The predicted octanol–water partition coefficient (Wildman–Crippen LogP) is 3.77. The lowest BCUT2D eigenvalue weighted by Gasteiger charge is -2.16. The first-order valence-corrected chi connectivity index (χ1v) is 7.97. The molecule has 1 aliphatic rings. The number of rotatable bonds is 4. The van der Waals surface area contributed by atoms with Gasteiger partial charge in [-0.25, -0.2) is 0 Å². The van der Waals surface area contributed by atoms with Crippen LogP contribution in [0, 0.1) is 6.92 Å². The van der Waals surface area contributed by atoms with Crippen molar-refractivity contribution in [3.8, 4) is 0 Å². The van der Waals surface area contributed by atoms with Gasteiger partial charge in [0, 0.05) is 6.61 Å². The second-order valence-electron chi connectivity index (χ2n) is 4.53. The van der Waals surface area contributed by atoms with Crippen LogP contribution < -0.4 is 0 Å². The van der Waals surface area contributed by atoms with Crippen molar-refractivity contribution in [2.24, 2.45) is 0 Å². The highest BCUT2D eigenvalue weighted by molar-refractivity contribution is 8.15. The molecular weight excluding hydrogens is 228 g/mol. The van der Waals surface area contributed by atoms with Gasteiger partial charge < -0.3 is 4.74 Å². The van der Waals surface area contributed by atoms with E-state index in [9.17, 15) is 0 Å². The minimum absolute atomic E-state index is 0.337. The molecule has 2 unspecified atom stereocenters. The maximum absolute atomic E-state index is 5.81. The lowest BCUT2D eigenvalue weighted by molar-refractivity contribution is 0.173. The van der Waals surface area contributed by atoms with Crippen molar-refractivity contribution in [2.75, 3.05) is 12.4 Å². The van der Waals surface area contributed by atoms with Crippen molar-refractivity contribution in [1.82, 2.24) is 0 Å². The quantitative estimate of drug-likeness (QED) is 0.739. The van der Waals surface area contributed by atoms with Gasteiger partial charge in [-0.05, 0) is 50.0 Å². The predicted molar refractivity (Wildman–Crippen MR) is 78.1 cm³/mol. The van der Waals surface area contributed by atoms with E-state index in [0.717, 1.165) is 6.61 Å². The van der Waals surface area contributed by atoms with Crippen molar-refractivity contribution < 1.29 is 4.74 Å². The van der Waals surface area contributed by atoms with Gasteiger partial charge in [0.1, 0.15) is 0 Å². The van der Waals surface area contributed by atoms with Gasteiger partial charge in [0.15, 0.2) is 0 Å². The Balaban J connectivity index is 1.94. The zero-order valence-corrected chi connectivity index (χ0v) is 11.6. The minimum atomic E-state index is 0.337. The second kappa shape index (κ2) is 6.36. The fourth-order valence-electron chi connectivity index (χ4n) is 2.31. The summed E-state index contributed by atoms with van der Waals surface area (Å²) in [6.45, 7) is 5.35. The molecule has 0 aromatic heterocycles. The number of benzene rings is 1. The number of hydrogen-bond acceptors (Lipinski definition) is 1. The Morgan fingerprint density at radius 3 is 2.88 bits per heavy atom. The van der Waals surface area contributed by atoms with Crippen molar-refractivity contribution in [3.05, 3.63) is 35.4 Å². The molecule has 1 fully saturated rings. The van der Waals surface area contributed by atoms with E-state index in [2.05, 4.69) is 43.5 Å². The molecule has 0 aliphatic carbocycles. The average Bonchev–Trinajstić information content (AvgIpc) is 2.86. The number of ether oxygens (including phenoxy) is 1.